The number of benzene rings is 2. The molecule has 3 rings (SSSR count). The number of aryl methyl sites for hydroxylation is 1. The SMILES string of the molecule is COC(=O)c1ccc(-c2nc(=O)c3ccc(C)cc3o2)cc1. The van der Waals surface area contributed by atoms with E-state index in [0.29, 0.717) is 22.1 Å². The zero-order chi connectivity index (χ0) is 15.7. The van der Waals surface area contributed by atoms with Gasteiger partial charge in [0.2, 0.25) is 5.89 Å². The van der Waals surface area contributed by atoms with E-state index in [0.717, 1.165) is 5.56 Å². The van der Waals surface area contributed by atoms with Gasteiger partial charge < -0.3 is 9.15 Å². The van der Waals surface area contributed by atoms with Crippen molar-refractivity contribution in [3.8, 4) is 11.5 Å². The Labute approximate surface area is 126 Å². The number of aromatic nitrogens is 1. The van der Waals surface area contributed by atoms with E-state index in [9.17, 15) is 9.59 Å². The van der Waals surface area contributed by atoms with Crippen molar-refractivity contribution >= 4 is 16.9 Å². The number of nitrogens with zero attached hydrogens (tertiary/aromatic N) is 1. The van der Waals surface area contributed by atoms with Gasteiger partial charge in [-0.15, -0.1) is 0 Å². The van der Waals surface area contributed by atoms with E-state index in [1.165, 1.54) is 7.11 Å². The fraction of sp³-hybridized carbons (Fsp3) is 0.118. The topological polar surface area (TPSA) is 69.4 Å². The van der Waals surface area contributed by atoms with Crippen LogP contribution < -0.4 is 5.56 Å². The van der Waals surface area contributed by atoms with Crippen LogP contribution in [0.4, 0.5) is 0 Å². The lowest BCUT2D eigenvalue weighted by atomic mass is 10.1. The fourth-order valence-electron chi connectivity index (χ4n) is 2.16. The molecule has 0 radical (unpaired) electrons. The fourth-order valence-corrected chi connectivity index (χ4v) is 2.16. The molecule has 0 fully saturated rings. The number of rotatable bonds is 2. The van der Waals surface area contributed by atoms with Gasteiger partial charge in [-0.3, -0.25) is 4.79 Å². The highest BCUT2D eigenvalue weighted by Gasteiger charge is 2.10. The molecule has 0 aliphatic carbocycles. The molecule has 1 aromatic heterocycles. The molecule has 0 atom stereocenters. The third-order valence-electron chi connectivity index (χ3n) is 3.33. The van der Waals surface area contributed by atoms with Gasteiger partial charge in [0.25, 0.3) is 5.56 Å². The average Bonchev–Trinajstić information content (AvgIpc) is 2.53. The first kappa shape index (κ1) is 14.0. The summed E-state index contributed by atoms with van der Waals surface area (Å²) in [4.78, 5) is 27.4. The van der Waals surface area contributed by atoms with Gasteiger partial charge in [0.1, 0.15) is 5.58 Å². The molecule has 0 unspecified atom stereocenters. The van der Waals surface area contributed by atoms with Gasteiger partial charge in [0.15, 0.2) is 0 Å². The van der Waals surface area contributed by atoms with E-state index < -0.39 is 5.97 Å². The van der Waals surface area contributed by atoms with Crippen molar-refractivity contribution in [3.63, 3.8) is 0 Å². The minimum absolute atomic E-state index is 0.222. The summed E-state index contributed by atoms with van der Waals surface area (Å²) in [5, 5.41) is 0.445. The van der Waals surface area contributed by atoms with E-state index in [1.54, 1.807) is 36.4 Å². The summed E-state index contributed by atoms with van der Waals surface area (Å²) in [6.45, 7) is 1.92. The van der Waals surface area contributed by atoms with Crippen molar-refractivity contribution in [3.05, 3.63) is 63.9 Å². The summed E-state index contributed by atoms with van der Waals surface area (Å²) in [7, 11) is 1.32. The van der Waals surface area contributed by atoms with Crippen LogP contribution in [0.1, 0.15) is 15.9 Å². The molecule has 0 bridgehead atoms. The molecule has 0 saturated heterocycles. The Balaban J connectivity index is 2.10. The monoisotopic (exact) mass is 295 g/mol. The number of fused-ring (bicyclic) bond motifs is 1. The lowest BCUT2D eigenvalue weighted by Crippen LogP contribution is -2.07. The Morgan fingerprint density at radius 1 is 1.14 bits per heavy atom. The number of ether oxygens (including phenoxy) is 1. The standard InChI is InChI=1S/C17H13NO4/c1-10-3-8-13-14(9-10)22-16(18-15(13)19)11-4-6-12(7-5-11)17(20)21-2/h3-9H,1-2H3. The molecule has 110 valence electrons. The lowest BCUT2D eigenvalue weighted by Gasteiger charge is -2.04. The third kappa shape index (κ3) is 2.48. The van der Waals surface area contributed by atoms with Crippen LogP contribution in [-0.4, -0.2) is 18.1 Å². The molecule has 0 saturated carbocycles. The third-order valence-corrected chi connectivity index (χ3v) is 3.33. The summed E-state index contributed by atoms with van der Waals surface area (Å²) in [6, 6.07) is 11.9. The highest BCUT2D eigenvalue weighted by molar-refractivity contribution is 5.89. The zero-order valence-corrected chi connectivity index (χ0v) is 12.1. The summed E-state index contributed by atoms with van der Waals surface area (Å²) in [5.74, 6) is -0.199. The highest BCUT2D eigenvalue weighted by atomic mass is 16.5. The Hall–Kier alpha value is -2.95. The van der Waals surface area contributed by atoms with Crippen LogP contribution in [0.3, 0.4) is 0 Å². The van der Waals surface area contributed by atoms with Gasteiger partial charge in [-0.05, 0) is 48.9 Å². The molecule has 0 spiro atoms. The summed E-state index contributed by atoms with van der Waals surface area (Å²) < 4.78 is 10.4. The van der Waals surface area contributed by atoms with Gasteiger partial charge in [-0.25, -0.2) is 4.79 Å². The first-order valence-corrected chi connectivity index (χ1v) is 6.69. The van der Waals surface area contributed by atoms with Gasteiger partial charge in [-0.2, -0.15) is 4.98 Å². The predicted octanol–water partition coefficient (Wildman–Crippen LogP) is 2.95. The maximum atomic E-state index is 12.1. The number of hydrogen-bond acceptors (Lipinski definition) is 5. The van der Waals surface area contributed by atoms with Gasteiger partial charge >= 0.3 is 5.97 Å². The van der Waals surface area contributed by atoms with Crippen LogP contribution >= 0.6 is 0 Å². The normalized spacial score (nSPS) is 10.6. The maximum absolute atomic E-state index is 12.1. The molecule has 5 nitrogen and oxygen atoms in total. The molecule has 22 heavy (non-hydrogen) atoms. The van der Waals surface area contributed by atoms with Crippen molar-refractivity contribution in [1.82, 2.24) is 4.98 Å². The lowest BCUT2D eigenvalue weighted by molar-refractivity contribution is 0.0600. The zero-order valence-electron chi connectivity index (χ0n) is 12.1. The molecule has 1 heterocycles. The van der Waals surface area contributed by atoms with Crippen molar-refractivity contribution in [2.24, 2.45) is 0 Å². The van der Waals surface area contributed by atoms with Crippen LogP contribution in [0.15, 0.2) is 51.7 Å². The molecule has 0 aliphatic heterocycles. The smallest absolute Gasteiger partial charge is 0.337 e. The largest absolute Gasteiger partial charge is 0.465 e. The number of methoxy groups -OCH3 is 1. The second-order valence-corrected chi connectivity index (χ2v) is 4.89. The molecule has 3 aromatic rings. The first-order valence-electron chi connectivity index (χ1n) is 6.69. The summed E-state index contributed by atoms with van der Waals surface area (Å²) in [6.07, 6.45) is 0. The Kier molecular flexibility index (Phi) is 3.47. The molecule has 0 N–H and O–H groups in total. The van der Waals surface area contributed by atoms with Crippen molar-refractivity contribution in [2.45, 2.75) is 6.92 Å². The molecule has 0 aliphatic rings. The van der Waals surface area contributed by atoms with Gasteiger partial charge in [0, 0.05) is 5.56 Å². The van der Waals surface area contributed by atoms with Gasteiger partial charge in [-0.1, -0.05) is 6.07 Å². The first-order chi connectivity index (χ1) is 10.6. The van der Waals surface area contributed by atoms with Crippen LogP contribution in [-0.2, 0) is 4.74 Å². The minimum atomic E-state index is -0.421. The van der Waals surface area contributed by atoms with Crippen molar-refractivity contribution < 1.29 is 13.9 Å². The number of carbonyl (C=O) groups excluding carboxylic acids is 1. The van der Waals surface area contributed by atoms with Crippen LogP contribution in [0.25, 0.3) is 22.4 Å². The number of hydrogen-bond donors (Lipinski definition) is 0. The molecular formula is C17H13NO4. The van der Waals surface area contributed by atoms with Crippen LogP contribution in [0.2, 0.25) is 0 Å². The summed E-state index contributed by atoms with van der Waals surface area (Å²) >= 11 is 0. The van der Waals surface area contributed by atoms with Crippen LogP contribution in [0.5, 0.6) is 0 Å². The quantitative estimate of drug-likeness (QED) is 0.680. The average molecular weight is 295 g/mol. The van der Waals surface area contributed by atoms with E-state index in [4.69, 9.17) is 4.42 Å². The second-order valence-electron chi connectivity index (χ2n) is 4.89. The Morgan fingerprint density at radius 3 is 2.55 bits per heavy atom. The highest BCUT2D eigenvalue weighted by Crippen LogP contribution is 2.21. The Bertz CT molecular complexity index is 910. The second kappa shape index (κ2) is 5.44. The summed E-state index contributed by atoms with van der Waals surface area (Å²) in [5.41, 5.74) is 2.19. The van der Waals surface area contributed by atoms with Gasteiger partial charge in [0.05, 0.1) is 18.1 Å². The van der Waals surface area contributed by atoms with Crippen LogP contribution in [0, 0.1) is 6.92 Å². The number of esters is 1. The predicted molar refractivity (Wildman–Crippen MR) is 81.8 cm³/mol. The Morgan fingerprint density at radius 2 is 1.86 bits per heavy atom. The van der Waals surface area contributed by atoms with E-state index in [1.807, 2.05) is 13.0 Å². The number of carbonyl (C=O) groups is 1. The maximum Gasteiger partial charge on any atom is 0.337 e. The van der Waals surface area contributed by atoms with E-state index in [-0.39, 0.29) is 11.4 Å². The van der Waals surface area contributed by atoms with E-state index in [2.05, 4.69) is 9.72 Å². The molecule has 0 amide bonds. The molecule has 2 aromatic carbocycles. The van der Waals surface area contributed by atoms with Crippen molar-refractivity contribution in [1.29, 1.82) is 0 Å². The molecular weight excluding hydrogens is 282 g/mol. The molecule has 5 heteroatoms. The van der Waals surface area contributed by atoms with Crippen molar-refractivity contribution in [2.75, 3.05) is 7.11 Å². The van der Waals surface area contributed by atoms with E-state index >= 15 is 0 Å². The minimum Gasteiger partial charge on any atom is -0.465 e.